The van der Waals surface area contributed by atoms with E-state index in [0.29, 0.717) is 6.42 Å². The van der Waals surface area contributed by atoms with Crippen LogP contribution >= 0.6 is 31.9 Å². The summed E-state index contributed by atoms with van der Waals surface area (Å²) in [4.78, 5) is 36.9. The van der Waals surface area contributed by atoms with Crippen LogP contribution in [0.2, 0.25) is 0 Å². The summed E-state index contributed by atoms with van der Waals surface area (Å²) in [6.45, 7) is 0. The number of pyridine rings is 2. The molecule has 0 spiro atoms. The van der Waals surface area contributed by atoms with Crippen LogP contribution in [0.1, 0.15) is 41.5 Å². The van der Waals surface area contributed by atoms with E-state index in [0.717, 1.165) is 66.6 Å². The first-order valence-corrected chi connectivity index (χ1v) is 15.9. The van der Waals surface area contributed by atoms with Crippen LogP contribution in [-0.2, 0) is 20.4 Å². The summed E-state index contributed by atoms with van der Waals surface area (Å²) in [5, 5.41) is 2.04. The maximum Gasteiger partial charge on any atom is 0.199 e. The molecule has 2 aromatic heterocycles. The number of rotatable bonds is 6. The van der Waals surface area contributed by atoms with Gasteiger partial charge in [0.2, 0.25) is 0 Å². The van der Waals surface area contributed by atoms with Gasteiger partial charge in [0.05, 0.1) is 22.4 Å². The van der Waals surface area contributed by atoms with E-state index in [4.69, 9.17) is 9.97 Å². The van der Waals surface area contributed by atoms with Crippen LogP contribution < -0.4 is 0 Å². The molecule has 2 heterocycles. The van der Waals surface area contributed by atoms with Gasteiger partial charge in [0.25, 0.3) is 0 Å². The maximum atomic E-state index is 13.3. The van der Waals surface area contributed by atoms with Gasteiger partial charge in [-0.1, -0.05) is 84.9 Å². The third kappa shape index (κ3) is 3.93. The molecule has 0 fully saturated rings. The Hall–Kier alpha value is -4.00. The second kappa shape index (κ2) is 9.76. The van der Waals surface area contributed by atoms with Gasteiger partial charge >= 0.3 is 0 Å². The molecule has 0 saturated heterocycles. The normalized spacial score (nSPS) is 19.6. The highest BCUT2D eigenvalue weighted by atomic mass is 79.9. The van der Waals surface area contributed by atoms with Crippen molar-refractivity contribution in [3.63, 3.8) is 0 Å². The zero-order valence-corrected chi connectivity index (χ0v) is 26.2. The molecular formula is C37H24Br2N2O2. The summed E-state index contributed by atoms with van der Waals surface area (Å²) in [6.07, 6.45) is 0.921. The Morgan fingerprint density at radius 3 is 1.37 bits per heavy atom. The number of nitrogens with zero attached hydrogens (tertiary/aromatic N) is 2. The van der Waals surface area contributed by atoms with Crippen molar-refractivity contribution in [3.8, 4) is 22.5 Å². The standard InChI is InChI=1S/C37H24Br2N2O2/c38-32(42)19-36(26-13-5-3-11-24(26)34-28(36)17-22-9-1-7-15-30(22)40-34)21-37(20-33(39)43)27-14-6-4-12-25(27)35-29(37)18-23-10-2-8-16-31(23)41-35/h1-18H,19-21H2. The minimum absolute atomic E-state index is 0.0910. The van der Waals surface area contributed by atoms with Crippen molar-refractivity contribution in [2.24, 2.45) is 0 Å². The first-order valence-electron chi connectivity index (χ1n) is 14.3. The average molecular weight is 688 g/mol. The lowest BCUT2D eigenvalue weighted by Gasteiger charge is -2.41. The summed E-state index contributed by atoms with van der Waals surface area (Å²) in [5.41, 5.74) is 8.30. The summed E-state index contributed by atoms with van der Waals surface area (Å²) in [5.74, 6) is 0. The van der Waals surface area contributed by atoms with E-state index in [1.807, 2.05) is 60.7 Å². The molecule has 6 heteroatoms. The van der Waals surface area contributed by atoms with E-state index in [-0.39, 0.29) is 22.2 Å². The van der Waals surface area contributed by atoms with Gasteiger partial charge in [-0.25, -0.2) is 9.97 Å². The highest BCUT2D eigenvalue weighted by Gasteiger charge is 2.55. The minimum Gasteiger partial charge on any atom is -0.287 e. The number of carbonyl (C=O) groups is 2. The molecule has 8 rings (SSSR count). The summed E-state index contributed by atoms with van der Waals surface area (Å²) in [7, 11) is 0. The lowest BCUT2D eigenvalue weighted by Crippen LogP contribution is -2.39. The third-order valence-corrected chi connectivity index (χ3v) is 9.92. The second-order valence-corrected chi connectivity index (χ2v) is 13.4. The fourth-order valence-electron chi connectivity index (χ4n) is 7.75. The van der Waals surface area contributed by atoms with Crippen molar-refractivity contribution in [2.45, 2.75) is 30.1 Å². The molecule has 6 aromatic rings. The molecule has 2 unspecified atom stereocenters. The molecule has 4 nitrogen and oxygen atoms in total. The van der Waals surface area contributed by atoms with Gasteiger partial charge in [0.15, 0.2) is 9.39 Å². The molecule has 2 aliphatic carbocycles. The fraction of sp³-hybridized carbons (Fsp3) is 0.135. The lowest BCUT2D eigenvalue weighted by atomic mass is 9.60. The van der Waals surface area contributed by atoms with E-state index >= 15 is 0 Å². The Bertz CT molecular complexity index is 2010. The molecule has 208 valence electrons. The van der Waals surface area contributed by atoms with E-state index in [1.165, 1.54) is 0 Å². The number of para-hydroxylation sites is 2. The summed E-state index contributed by atoms with van der Waals surface area (Å²) >= 11 is 6.68. The fourth-order valence-corrected chi connectivity index (χ4v) is 8.71. The predicted molar refractivity (Wildman–Crippen MR) is 178 cm³/mol. The van der Waals surface area contributed by atoms with Gasteiger partial charge in [-0.3, -0.25) is 9.59 Å². The van der Waals surface area contributed by atoms with Gasteiger partial charge in [-0.2, -0.15) is 0 Å². The first kappa shape index (κ1) is 26.6. The quantitative estimate of drug-likeness (QED) is 0.164. The zero-order chi connectivity index (χ0) is 29.3. The van der Waals surface area contributed by atoms with Crippen LogP contribution in [0.4, 0.5) is 0 Å². The molecule has 4 aromatic carbocycles. The summed E-state index contributed by atoms with van der Waals surface area (Å²) in [6, 6.07) is 37.2. The van der Waals surface area contributed by atoms with Crippen LogP contribution in [0.15, 0.2) is 109 Å². The minimum atomic E-state index is -0.758. The first-order chi connectivity index (χ1) is 20.9. The Kier molecular flexibility index (Phi) is 6.04. The van der Waals surface area contributed by atoms with Crippen molar-refractivity contribution in [2.75, 3.05) is 0 Å². The van der Waals surface area contributed by atoms with E-state index < -0.39 is 10.8 Å². The molecule has 0 N–H and O–H groups in total. The molecule has 0 bridgehead atoms. The van der Waals surface area contributed by atoms with E-state index in [1.54, 1.807) is 0 Å². The number of aromatic nitrogens is 2. The van der Waals surface area contributed by atoms with Gasteiger partial charge in [-0.15, -0.1) is 0 Å². The number of benzene rings is 4. The van der Waals surface area contributed by atoms with Crippen molar-refractivity contribution in [1.82, 2.24) is 9.97 Å². The lowest BCUT2D eigenvalue weighted by molar-refractivity contribution is -0.111. The smallest absolute Gasteiger partial charge is 0.199 e. The number of hydrogen-bond donors (Lipinski definition) is 0. The Labute approximate surface area is 265 Å². The molecule has 0 amide bonds. The van der Waals surface area contributed by atoms with Crippen molar-refractivity contribution in [3.05, 3.63) is 131 Å². The van der Waals surface area contributed by atoms with Crippen LogP contribution in [0, 0.1) is 0 Å². The van der Waals surface area contributed by atoms with Crippen molar-refractivity contribution in [1.29, 1.82) is 0 Å². The Morgan fingerprint density at radius 1 is 0.535 bits per heavy atom. The predicted octanol–water partition coefficient (Wildman–Crippen LogP) is 9.03. The van der Waals surface area contributed by atoms with Gasteiger partial charge in [0, 0.05) is 45.6 Å². The topological polar surface area (TPSA) is 59.9 Å². The Balaban J connectivity index is 1.48. The van der Waals surface area contributed by atoms with Gasteiger partial charge < -0.3 is 0 Å². The van der Waals surface area contributed by atoms with Crippen LogP contribution in [0.5, 0.6) is 0 Å². The number of hydrogen-bond acceptors (Lipinski definition) is 4. The van der Waals surface area contributed by atoms with Crippen LogP contribution in [0.25, 0.3) is 44.3 Å². The number of carbonyl (C=O) groups excluding carboxylic acids is 2. The second-order valence-electron chi connectivity index (χ2n) is 11.7. The monoisotopic (exact) mass is 686 g/mol. The number of fused-ring (bicyclic) bond motifs is 8. The van der Waals surface area contributed by atoms with Crippen LogP contribution in [0.3, 0.4) is 0 Å². The molecule has 0 radical (unpaired) electrons. The number of halogens is 2. The van der Waals surface area contributed by atoms with Crippen molar-refractivity contribution < 1.29 is 9.59 Å². The summed E-state index contributed by atoms with van der Waals surface area (Å²) < 4.78 is -0.182. The highest BCUT2D eigenvalue weighted by Crippen LogP contribution is 2.62. The molecule has 2 aliphatic rings. The molecule has 0 aliphatic heterocycles. The molecule has 0 saturated carbocycles. The third-order valence-electron chi connectivity index (χ3n) is 9.36. The van der Waals surface area contributed by atoms with Gasteiger partial charge in [-0.05, 0) is 84.8 Å². The highest BCUT2D eigenvalue weighted by molar-refractivity contribution is 9.18. The van der Waals surface area contributed by atoms with Crippen LogP contribution in [-0.4, -0.2) is 19.4 Å². The van der Waals surface area contributed by atoms with E-state index in [9.17, 15) is 9.59 Å². The van der Waals surface area contributed by atoms with Gasteiger partial charge in [0.1, 0.15) is 0 Å². The Morgan fingerprint density at radius 2 is 0.930 bits per heavy atom. The maximum absolute atomic E-state index is 13.3. The van der Waals surface area contributed by atoms with Crippen molar-refractivity contribution >= 4 is 63.1 Å². The largest absolute Gasteiger partial charge is 0.287 e. The molecule has 43 heavy (non-hydrogen) atoms. The SMILES string of the molecule is O=C(Br)CC1(CC2(CC(=O)Br)c3ccccc3-c3nc4ccccc4cc32)c2ccccc2-c2nc3ccccc3cc21. The molecular weight excluding hydrogens is 664 g/mol. The molecule has 2 atom stereocenters. The van der Waals surface area contributed by atoms with E-state index in [2.05, 4.69) is 80.4 Å². The average Bonchev–Trinajstić information content (AvgIpc) is 3.40. The zero-order valence-electron chi connectivity index (χ0n) is 23.0.